The van der Waals surface area contributed by atoms with E-state index in [0.29, 0.717) is 15.6 Å². The molecule has 3 aromatic rings. The first kappa shape index (κ1) is 22.1. The number of aliphatic hydroxyl groups is 1. The molecule has 1 atom stereocenters. The molecular weight excluding hydrogens is 444 g/mol. The number of ketones is 1. The maximum atomic E-state index is 13.3. The fourth-order valence-electron chi connectivity index (χ4n) is 4.04. The quantitative estimate of drug-likeness (QED) is 0.432. The number of carbonyl (C=O) groups is 2. The zero-order chi connectivity index (χ0) is 22.8. The summed E-state index contributed by atoms with van der Waals surface area (Å²) in [5.41, 5.74) is 2.38. The Balaban J connectivity index is 1.84. The van der Waals surface area contributed by atoms with Crippen LogP contribution in [0, 0.1) is 0 Å². The number of amides is 1. The molecule has 5 nitrogen and oxygen atoms in total. The lowest BCUT2D eigenvalue weighted by Gasteiger charge is -2.28. The Kier molecular flexibility index (Phi) is 6.35. The highest BCUT2D eigenvalue weighted by molar-refractivity contribution is 7.12. The van der Waals surface area contributed by atoms with E-state index in [1.165, 1.54) is 16.2 Å². The van der Waals surface area contributed by atoms with Crippen molar-refractivity contribution in [2.75, 3.05) is 22.9 Å². The van der Waals surface area contributed by atoms with Crippen LogP contribution in [-0.2, 0) is 4.79 Å². The highest BCUT2D eigenvalue weighted by atomic mass is 35.5. The molecule has 32 heavy (non-hydrogen) atoms. The summed E-state index contributed by atoms with van der Waals surface area (Å²) in [5, 5.41) is 13.1. The number of aliphatic hydroxyl groups excluding tert-OH is 1. The molecule has 0 saturated heterocycles. The van der Waals surface area contributed by atoms with E-state index in [1.807, 2.05) is 24.3 Å². The Morgan fingerprint density at radius 1 is 1.09 bits per heavy atom. The normalized spacial score (nSPS) is 16.0. The standard InChI is InChI=1S/C25H23ClN2O3S/c1-3-27(4-2)18-12-10-16(11-13-18)22-21(23(29)20-9-6-14-32-20)24(30)25(31)28(22)19-8-5-7-17(26)15-19/h5-15,22,30H,3-4H2,1-2H3. The van der Waals surface area contributed by atoms with Gasteiger partial charge in [0, 0.05) is 29.5 Å². The van der Waals surface area contributed by atoms with Gasteiger partial charge in [-0.05, 0) is 61.2 Å². The van der Waals surface area contributed by atoms with Gasteiger partial charge in [-0.1, -0.05) is 35.9 Å². The molecule has 2 heterocycles. The van der Waals surface area contributed by atoms with Crippen LogP contribution in [0.2, 0.25) is 5.02 Å². The Hall–Kier alpha value is -3.09. The van der Waals surface area contributed by atoms with Crippen molar-refractivity contribution in [1.82, 2.24) is 0 Å². The smallest absolute Gasteiger partial charge is 0.294 e. The van der Waals surface area contributed by atoms with E-state index >= 15 is 0 Å². The summed E-state index contributed by atoms with van der Waals surface area (Å²) < 4.78 is 0. The van der Waals surface area contributed by atoms with E-state index in [9.17, 15) is 14.7 Å². The summed E-state index contributed by atoms with van der Waals surface area (Å²) in [4.78, 5) is 30.6. The van der Waals surface area contributed by atoms with Crippen LogP contribution in [0.4, 0.5) is 11.4 Å². The average Bonchev–Trinajstić information content (AvgIpc) is 3.42. The van der Waals surface area contributed by atoms with Gasteiger partial charge in [0.15, 0.2) is 5.76 Å². The summed E-state index contributed by atoms with van der Waals surface area (Å²) in [6.45, 7) is 5.92. The molecule has 1 amide bonds. The molecule has 0 fully saturated rings. The van der Waals surface area contributed by atoms with Crippen molar-refractivity contribution in [3.05, 3.63) is 92.8 Å². The van der Waals surface area contributed by atoms with Crippen LogP contribution in [0.5, 0.6) is 0 Å². The van der Waals surface area contributed by atoms with Gasteiger partial charge in [0.2, 0.25) is 5.78 Å². The summed E-state index contributed by atoms with van der Waals surface area (Å²) in [6, 6.07) is 17.3. The number of carbonyl (C=O) groups excluding carboxylic acids is 2. The molecule has 0 radical (unpaired) electrons. The summed E-state index contributed by atoms with van der Waals surface area (Å²) in [5.74, 6) is -1.50. The van der Waals surface area contributed by atoms with Crippen molar-refractivity contribution in [2.24, 2.45) is 0 Å². The van der Waals surface area contributed by atoms with Crippen LogP contribution in [0.25, 0.3) is 0 Å². The van der Waals surface area contributed by atoms with Gasteiger partial charge in [0.1, 0.15) is 0 Å². The van der Waals surface area contributed by atoms with Crippen molar-refractivity contribution in [3.63, 3.8) is 0 Å². The van der Waals surface area contributed by atoms with E-state index in [1.54, 1.807) is 41.8 Å². The van der Waals surface area contributed by atoms with Crippen molar-refractivity contribution >= 4 is 46.0 Å². The lowest BCUT2D eigenvalue weighted by atomic mass is 9.95. The van der Waals surface area contributed by atoms with Crippen molar-refractivity contribution in [1.29, 1.82) is 0 Å². The fourth-order valence-corrected chi connectivity index (χ4v) is 4.90. The molecular formula is C25H23ClN2O3S. The molecule has 7 heteroatoms. The molecule has 0 spiro atoms. The third-order valence-electron chi connectivity index (χ3n) is 5.62. The predicted molar refractivity (Wildman–Crippen MR) is 130 cm³/mol. The average molecular weight is 467 g/mol. The number of hydrogen-bond acceptors (Lipinski definition) is 5. The highest BCUT2D eigenvalue weighted by Crippen LogP contribution is 2.43. The van der Waals surface area contributed by atoms with Gasteiger partial charge in [-0.2, -0.15) is 0 Å². The molecule has 0 bridgehead atoms. The number of thiophene rings is 1. The van der Waals surface area contributed by atoms with E-state index in [2.05, 4.69) is 18.7 Å². The minimum atomic E-state index is -0.763. The first-order valence-electron chi connectivity index (χ1n) is 10.4. The van der Waals surface area contributed by atoms with Crippen LogP contribution in [0.1, 0.15) is 35.1 Å². The minimum absolute atomic E-state index is 0.0769. The SMILES string of the molecule is CCN(CC)c1ccc(C2C(C(=O)c3cccs3)=C(O)C(=O)N2c2cccc(Cl)c2)cc1. The van der Waals surface area contributed by atoms with Gasteiger partial charge in [0.25, 0.3) is 5.91 Å². The zero-order valence-corrected chi connectivity index (χ0v) is 19.4. The van der Waals surface area contributed by atoms with Gasteiger partial charge in [-0.3, -0.25) is 14.5 Å². The third-order valence-corrected chi connectivity index (χ3v) is 6.73. The monoisotopic (exact) mass is 466 g/mol. The Morgan fingerprint density at radius 3 is 2.41 bits per heavy atom. The van der Waals surface area contributed by atoms with Gasteiger partial charge >= 0.3 is 0 Å². The second-order valence-corrected chi connectivity index (χ2v) is 8.77. The Bertz CT molecular complexity index is 1170. The van der Waals surface area contributed by atoms with Gasteiger partial charge in [-0.15, -0.1) is 11.3 Å². The number of hydrogen-bond donors (Lipinski definition) is 1. The molecule has 4 rings (SSSR count). The van der Waals surface area contributed by atoms with E-state index < -0.39 is 17.7 Å². The summed E-state index contributed by atoms with van der Waals surface area (Å²) in [6.07, 6.45) is 0. The number of rotatable bonds is 7. The first-order valence-corrected chi connectivity index (χ1v) is 11.7. The number of anilines is 2. The molecule has 2 aromatic carbocycles. The van der Waals surface area contributed by atoms with E-state index in [-0.39, 0.29) is 11.4 Å². The molecule has 1 unspecified atom stereocenters. The molecule has 1 aliphatic heterocycles. The van der Waals surface area contributed by atoms with Crippen LogP contribution in [0.15, 0.2) is 77.4 Å². The molecule has 1 aromatic heterocycles. The molecule has 164 valence electrons. The fraction of sp³-hybridized carbons (Fsp3) is 0.200. The lowest BCUT2D eigenvalue weighted by molar-refractivity contribution is -0.117. The van der Waals surface area contributed by atoms with Gasteiger partial charge in [-0.25, -0.2) is 0 Å². The summed E-state index contributed by atoms with van der Waals surface area (Å²) in [7, 11) is 0. The van der Waals surface area contributed by atoms with E-state index in [4.69, 9.17) is 11.6 Å². The van der Waals surface area contributed by atoms with Crippen molar-refractivity contribution in [2.45, 2.75) is 19.9 Å². The number of nitrogens with zero attached hydrogens (tertiary/aromatic N) is 2. The zero-order valence-electron chi connectivity index (χ0n) is 17.8. The van der Waals surface area contributed by atoms with Crippen LogP contribution >= 0.6 is 22.9 Å². The van der Waals surface area contributed by atoms with Crippen LogP contribution < -0.4 is 9.80 Å². The van der Waals surface area contributed by atoms with Crippen molar-refractivity contribution in [3.8, 4) is 0 Å². The third kappa shape index (κ3) is 3.92. The van der Waals surface area contributed by atoms with Crippen molar-refractivity contribution < 1.29 is 14.7 Å². The predicted octanol–water partition coefficient (Wildman–Crippen LogP) is 6.03. The maximum Gasteiger partial charge on any atom is 0.294 e. The Labute approximate surface area is 196 Å². The molecule has 0 saturated carbocycles. The second kappa shape index (κ2) is 9.18. The minimum Gasteiger partial charge on any atom is -0.503 e. The second-order valence-electron chi connectivity index (χ2n) is 7.39. The van der Waals surface area contributed by atoms with Gasteiger partial charge in [0.05, 0.1) is 16.5 Å². The number of halogens is 1. The molecule has 0 aliphatic carbocycles. The number of benzene rings is 2. The Morgan fingerprint density at radius 2 is 1.81 bits per heavy atom. The number of Topliss-reactive ketones (excluding diaryl/α,β-unsaturated/α-hetero) is 1. The first-order chi connectivity index (χ1) is 15.5. The molecule has 1 aliphatic rings. The van der Waals surface area contributed by atoms with Crippen LogP contribution in [-0.4, -0.2) is 29.9 Å². The van der Waals surface area contributed by atoms with Crippen LogP contribution in [0.3, 0.4) is 0 Å². The van der Waals surface area contributed by atoms with E-state index in [0.717, 1.165) is 24.3 Å². The molecule has 1 N–H and O–H groups in total. The summed E-state index contributed by atoms with van der Waals surface area (Å²) >= 11 is 7.46. The topological polar surface area (TPSA) is 60.9 Å². The maximum absolute atomic E-state index is 13.3. The highest BCUT2D eigenvalue weighted by Gasteiger charge is 2.44. The largest absolute Gasteiger partial charge is 0.503 e. The van der Waals surface area contributed by atoms with Gasteiger partial charge < -0.3 is 10.0 Å². The lowest BCUT2D eigenvalue weighted by Crippen LogP contribution is -2.31.